The zero-order valence-corrected chi connectivity index (χ0v) is 11.7. The van der Waals surface area contributed by atoms with E-state index in [1.54, 1.807) is 13.8 Å². The Balaban J connectivity index is 3.34. The summed E-state index contributed by atoms with van der Waals surface area (Å²) in [5, 5.41) is 19.8. The topological polar surface area (TPSA) is 93.1 Å². The third-order valence-electron chi connectivity index (χ3n) is 2.63. The monoisotopic (exact) mass is 282 g/mol. The Morgan fingerprint density at radius 2 is 1.55 bits per heavy atom. The SMILES string of the molecule is CCOC(=O)c1ccc(C(=O)OCC)c(C(C)O)c1O. The third kappa shape index (κ3) is 3.27. The molecule has 0 aliphatic carbocycles. The molecule has 1 aromatic rings. The molecule has 0 bridgehead atoms. The third-order valence-corrected chi connectivity index (χ3v) is 2.63. The van der Waals surface area contributed by atoms with E-state index >= 15 is 0 Å². The number of phenolic OH excluding ortho intramolecular Hbond substituents is 1. The van der Waals surface area contributed by atoms with Crippen molar-refractivity contribution in [1.82, 2.24) is 0 Å². The lowest BCUT2D eigenvalue weighted by Crippen LogP contribution is -2.13. The van der Waals surface area contributed by atoms with Crippen molar-refractivity contribution in [2.24, 2.45) is 0 Å². The summed E-state index contributed by atoms with van der Waals surface area (Å²) in [7, 11) is 0. The van der Waals surface area contributed by atoms with E-state index in [4.69, 9.17) is 9.47 Å². The summed E-state index contributed by atoms with van der Waals surface area (Å²) in [4.78, 5) is 23.4. The van der Waals surface area contributed by atoms with Crippen LogP contribution in [0.1, 0.15) is 53.2 Å². The molecule has 1 atom stereocenters. The molecule has 0 aliphatic rings. The molecule has 0 saturated carbocycles. The van der Waals surface area contributed by atoms with E-state index in [0.29, 0.717) is 0 Å². The Morgan fingerprint density at radius 3 is 2.00 bits per heavy atom. The molecular weight excluding hydrogens is 264 g/mol. The second-order valence-electron chi connectivity index (χ2n) is 4.04. The van der Waals surface area contributed by atoms with Gasteiger partial charge in [0.2, 0.25) is 0 Å². The minimum absolute atomic E-state index is 0.0207. The van der Waals surface area contributed by atoms with Crippen molar-refractivity contribution in [2.45, 2.75) is 26.9 Å². The van der Waals surface area contributed by atoms with E-state index in [1.807, 2.05) is 0 Å². The Morgan fingerprint density at radius 1 is 1.10 bits per heavy atom. The average Bonchev–Trinajstić information content (AvgIpc) is 2.38. The van der Waals surface area contributed by atoms with Crippen molar-refractivity contribution < 1.29 is 29.3 Å². The highest BCUT2D eigenvalue weighted by Gasteiger charge is 2.25. The Bertz CT molecular complexity index is 507. The van der Waals surface area contributed by atoms with Crippen LogP contribution in [-0.2, 0) is 9.47 Å². The zero-order valence-electron chi connectivity index (χ0n) is 11.7. The minimum Gasteiger partial charge on any atom is -0.507 e. The van der Waals surface area contributed by atoms with Crippen LogP contribution < -0.4 is 0 Å². The minimum atomic E-state index is -1.14. The van der Waals surface area contributed by atoms with Crippen LogP contribution in [0.15, 0.2) is 12.1 Å². The molecule has 6 heteroatoms. The number of benzene rings is 1. The number of rotatable bonds is 5. The molecule has 1 rings (SSSR count). The molecule has 0 radical (unpaired) electrons. The van der Waals surface area contributed by atoms with Crippen LogP contribution in [0, 0.1) is 0 Å². The first-order chi connectivity index (χ1) is 9.43. The van der Waals surface area contributed by atoms with E-state index in [0.717, 1.165) is 0 Å². The van der Waals surface area contributed by atoms with E-state index in [1.165, 1.54) is 19.1 Å². The molecule has 2 N–H and O–H groups in total. The lowest BCUT2D eigenvalue weighted by atomic mass is 9.98. The van der Waals surface area contributed by atoms with E-state index < -0.39 is 23.8 Å². The van der Waals surface area contributed by atoms with Gasteiger partial charge in [0.1, 0.15) is 11.3 Å². The first-order valence-electron chi connectivity index (χ1n) is 6.32. The predicted octanol–water partition coefficient (Wildman–Crippen LogP) is 1.80. The van der Waals surface area contributed by atoms with Gasteiger partial charge >= 0.3 is 11.9 Å². The van der Waals surface area contributed by atoms with Crippen molar-refractivity contribution in [2.75, 3.05) is 13.2 Å². The van der Waals surface area contributed by atoms with E-state index in [2.05, 4.69) is 0 Å². The van der Waals surface area contributed by atoms with Crippen molar-refractivity contribution in [1.29, 1.82) is 0 Å². The highest BCUT2D eigenvalue weighted by Crippen LogP contribution is 2.32. The number of carbonyl (C=O) groups excluding carboxylic acids is 2. The Hall–Kier alpha value is -2.08. The van der Waals surface area contributed by atoms with Crippen molar-refractivity contribution >= 4 is 11.9 Å². The number of hydrogen-bond acceptors (Lipinski definition) is 6. The fourth-order valence-electron chi connectivity index (χ4n) is 1.79. The average molecular weight is 282 g/mol. The highest BCUT2D eigenvalue weighted by atomic mass is 16.5. The Labute approximate surface area is 116 Å². The lowest BCUT2D eigenvalue weighted by Gasteiger charge is -2.15. The van der Waals surface area contributed by atoms with Crippen LogP contribution in [0.25, 0.3) is 0 Å². The number of esters is 2. The zero-order chi connectivity index (χ0) is 15.3. The van der Waals surface area contributed by atoms with Crippen LogP contribution >= 0.6 is 0 Å². The van der Waals surface area contributed by atoms with Gasteiger partial charge in [-0.1, -0.05) is 0 Å². The van der Waals surface area contributed by atoms with Gasteiger partial charge in [-0.25, -0.2) is 9.59 Å². The van der Waals surface area contributed by atoms with E-state index in [-0.39, 0.29) is 29.9 Å². The molecule has 110 valence electrons. The smallest absolute Gasteiger partial charge is 0.341 e. The standard InChI is InChI=1S/C14H18O6/c1-4-19-13(17)9-6-7-10(14(18)20-5-2)12(16)11(9)8(3)15/h6-8,15-16H,4-5H2,1-3H3. The molecule has 0 heterocycles. The van der Waals surface area contributed by atoms with Gasteiger partial charge in [-0.15, -0.1) is 0 Å². The summed E-state index contributed by atoms with van der Waals surface area (Å²) in [6.45, 7) is 4.98. The number of ether oxygens (including phenoxy) is 2. The van der Waals surface area contributed by atoms with Crippen LogP contribution in [0.4, 0.5) is 0 Å². The van der Waals surface area contributed by atoms with Gasteiger partial charge in [0.25, 0.3) is 0 Å². The van der Waals surface area contributed by atoms with Crippen LogP contribution in [0.3, 0.4) is 0 Å². The largest absolute Gasteiger partial charge is 0.507 e. The van der Waals surface area contributed by atoms with Gasteiger partial charge in [0.15, 0.2) is 0 Å². The van der Waals surface area contributed by atoms with Crippen molar-refractivity contribution in [3.05, 3.63) is 28.8 Å². The fraction of sp³-hybridized carbons (Fsp3) is 0.429. The molecule has 20 heavy (non-hydrogen) atoms. The van der Waals surface area contributed by atoms with Gasteiger partial charge < -0.3 is 19.7 Å². The quantitative estimate of drug-likeness (QED) is 0.800. The van der Waals surface area contributed by atoms with E-state index in [9.17, 15) is 19.8 Å². The van der Waals surface area contributed by atoms with Gasteiger partial charge in [-0.05, 0) is 32.9 Å². The van der Waals surface area contributed by atoms with Crippen LogP contribution in [0.2, 0.25) is 0 Å². The molecule has 6 nitrogen and oxygen atoms in total. The normalized spacial score (nSPS) is 11.8. The van der Waals surface area contributed by atoms with Crippen LogP contribution in [-0.4, -0.2) is 35.4 Å². The molecule has 0 aromatic heterocycles. The van der Waals surface area contributed by atoms with Gasteiger partial charge in [-0.2, -0.15) is 0 Å². The maximum absolute atomic E-state index is 11.8. The molecule has 0 spiro atoms. The van der Waals surface area contributed by atoms with Gasteiger partial charge in [0, 0.05) is 5.56 Å². The predicted molar refractivity (Wildman–Crippen MR) is 70.7 cm³/mol. The van der Waals surface area contributed by atoms with Gasteiger partial charge in [-0.3, -0.25) is 0 Å². The Kier molecular flexibility index (Phi) is 5.52. The summed E-state index contributed by atoms with van der Waals surface area (Å²) in [5.41, 5.74) is -0.128. The maximum atomic E-state index is 11.8. The van der Waals surface area contributed by atoms with Crippen LogP contribution in [0.5, 0.6) is 5.75 Å². The number of phenols is 1. The summed E-state index contributed by atoms with van der Waals surface area (Å²) in [5.74, 6) is -1.86. The summed E-state index contributed by atoms with van der Waals surface area (Å²) in [6.07, 6.45) is -1.14. The summed E-state index contributed by atoms with van der Waals surface area (Å²) >= 11 is 0. The first-order valence-corrected chi connectivity index (χ1v) is 6.32. The van der Waals surface area contributed by atoms with Crippen molar-refractivity contribution in [3.63, 3.8) is 0 Å². The number of aromatic hydroxyl groups is 1. The molecule has 0 aliphatic heterocycles. The molecule has 0 saturated heterocycles. The molecule has 1 aromatic carbocycles. The molecule has 0 amide bonds. The summed E-state index contributed by atoms with van der Waals surface area (Å²) in [6, 6.07) is 2.59. The van der Waals surface area contributed by atoms with Crippen molar-refractivity contribution in [3.8, 4) is 5.75 Å². The number of aliphatic hydroxyl groups is 1. The molecule has 0 fully saturated rings. The maximum Gasteiger partial charge on any atom is 0.341 e. The molecule has 1 unspecified atom stereocenters. The van der Waals surface area contributed by atoms with Gasteiger partial charge in [0.05, 0.1) is 24.9 Å². The number of aliphatic hydroxyl groups excluding tert-OH is 1. The number of hydrogen-bond donors (Lipinski definition) is 2. The summed E-state index contributed by atoms with van der Waals surface area (Å²) < 4.78 is 9.64. The second-order valence-corrected chi connectivity index (χ2v) is 4.04. The fourth-order valence-corrected chi connectivity index (χ4v) is 1.79. The highest BCUT2D eigenvalue weighted by molar-refractivity contribution is 5.97. The number of carbonyl (C=O) groups is 2. The lowest BCUT2D eigenvalue weighted by molar-refractivity contribution is 0.0502. The second kappa shape index (κ2) is 6.91. The first kappa shape index (κ1) is 16.0. The molecular formula is C14H18O6.